The molecule has 2 aromatic rings. The van der Waals surface area contributed by atoms with Crippen molar-refractivity contribution in [1.82, 2.24) is 9.55 Å². The van der Waals surface area contributed by atoms with Crippen LogP contribution in [0.4, 0.5) is 5.82 Å². The minimum absolute atomic E-state index is 0.123. The summed E-state index contributed by atoms with van der Waals surface area (Å²) in [5, 5.41) is 3.38. The predicted molar refractivity (Wildman–Crippen MR) is 89.3 cm³/mol. The number of nitrogens with zero attached hydrogens (tertiary/aromatic N) is 2. The van der Waals surface area contributed by atoms with E-state index < -0.39 is 0 Å². The average molecular weight is 331 g/mol. The molecule has 0 saturated heterocycles. The van der Waals surface area contributed by atoms with Crippen LogP contribution >= 0.6 is 11.8 Å². The summed E-state index contributed by atoms with van der Waals surface area (Å²) < 4.78 is 7.15. The molecule has 1 N–H and O–H groups in total. The quantitative estimate of drug-likeness (QED) is 0.688. The van der Waals surface area contributed by atoms with E-state index in [1.165, 1.54) is 11.8 Å². The van der Waals surface area contributed by atoms with Crippen LogP contribution in [-0.2, 0) is 11.8 Å². The monoisotopic (exact) mass is 331 g/mol. The highest BCUT2D eigenvalue weighted by molar-refractivity contribution is 7.98. The van der Waals surface area contributed by atoms with Crippen LogP contribution in [0.25, 0.3) is 0 Å². The minimum atomic E-state index is -0.364. The lowest BCUT2D eigenvalue weighted by Gasteiger charge is -2.28. The molecule has 23 heavy (non-hydrogen) atoms. The van der Waals surface area contributed by atoms with Crippen LogP contribution in [-0.4, -0.2) is 28.8 Å². The molecule has 1 aliphatic rings. The second-order valence-corrected chi connectivity index (χ2v) is 6.05. The van der Waals surface area contributed by atoms with Crippen molar-refractivity contribution in [3.8, 4) is 5.75 Å². The molecule has 1 unspecified atom stereocenters. The zero-order chi connectivity index (χ0) is 16.6. The van der Waals surface area contributed by atoms with Crippen molar-refractivity contribution in [1.29, 1.82) is 0 Å². The first kappa shape index (κ1) is 15.6. The molecule has 0 spiro atoms. The number of para-hydroxylation sites is 1. The van der Waals surface area contributed by atoms with Crippen molar-refractivity contribution in [3.05, 3.63) is 45.7 Å². The number of hydrogen-bond donors (Lipinski definition) is 1. The van der Waals surface area contributed by atoms with E-state index in [1.54, 1.807) is 18.7 Å². The number of anilines is 1. The molecule has 6 nitrogen and oxygen atoms in total. The fourth-order valence-electron chi connectivity index (χ4n) is 2.94. The standard InChI is InChI=1S/C16H17N3O3S/c1-19-14-13(15(21)18-16(19)23-3)10(8-12(20)17-14)9-6-4-5-7-11(9)22-2/h4-7,10H,8H2,1-3H3,(H,17,20). The van der Waals surface area contributed by atoms with Gasteiger partial charge in [-0.3, -0.25) is 9.59 Å². The predicted octanol–water partition coefficient (Wildman–Crippen LogP) is 1.98. The number of aromatic nitrogens is 2. The van der Waals surface area contributed by atoms with Gasteiger partial charge in [0.15, 0.2) is 5.16 Å². The molecule has 0 fully saturated rings. The van der Waals surface area contributed by atoms with E-state index in [-0.39, 0.29) is 23.8 Å². The smallest absolute Gasteiger partial charge is 0.279 e. The van der Waals surface area contributed by atoms with Gasteiger partial charge in [-0.25, -0.2) is 0 Å². The number of amides is 1. The maximum absolute atomic E-state index is 12.6. The van der Waals surface area contributed by atoms with Crippen LogP contribution in [0.1, 0.15) is 23.5 Å². The number of carbonyl (C=O) groups is 1. The molecule has 1 amide bonds. The fraction of sp³-hybridized carbons (Fsp3) is 0.312. The van der Waals surface area contributed by atoms with Crippen molar-refractivity contribution in [2.45, 2.75) is 17.5 Å². The number of carbonyl (C=O) groups excluding carboxylic acids is 1. The van der Waals surface area contributed by atoms with Gasteiger partial charge in [0.1, 0.15) is 11.6 Å². The molecule has 7 heteroatoms. The van der Waals surface area contributed by atoms with Gasteiger partial charge in [0.05, 0.1) is 12.7 Å². The third-order valence-corrected chi connectivity index (χ3v) is 4.73. The van der Waals surface area contributed by atoms with Crippen LogP contribution in [0.15, 0.2) is 34.2 Å². The minimum Gasteiger partial charge on any atom is -0.496 e. The Labute approximate surface area is 137 Å². The van der Waals surface area contributed by atoms with Gasteiger partial charge in [0, 0.05) is 24.9 Å². The molecular weight excluding hydrogens is 314 g/mol. The molecule has 1 aromatic heterocycles. The van der Waals surface area contributed by atoms with Gasteiger partial charge in [-0.05, 0) is 12.3 Å². The van der Waals surface area contributed by atoms with E-state index in [1.807, 2.05) is 30.5 Å². The Kier molecular flexibility index (Phi) is 4.12. The first-order valence-corrected chi connectivity index (χ1v) is 8.37. The van der Waals surface area contributed by atoms with Gasteiger partial charge in [-0.15, -0.1) is 0 Å². The molecule has 120 valence electrons. The third kappa shape index (κ3) is 2.61. The Hall–Kier alpha value is -2.28. The summed E-state index contributed by atoms with van der Waals surface area (Å²) >= 11 is 1.36. The van der Waals surface area contributed by atoms with Crippen LogP contribution in [0.3, 0.4) is 0 Å². The summed E-state index contributed by atoms with van der Waals surface area (Å²) in [6.45, 7) is 0. The highest BCUT2D eigenvalue weighted by Crippen LogP contribution is 2.39. The van der Waals surface area contributed by atoms with Gasteiger partial charge in [0.2, 0.25) is 5.91 Å². The van der Waals surface area contributed by atoms with Gasteiger partial charge in [-0.2, -0.15) is 4.98 Å². The molecule has 0 aliphatic carbocycles. The van der Waals surface area contributed by atoms with E-state index in [9.17, 15) is 9.59 Å². The lowest BCUT2D eigenvalue weighted by atomic mass is 9.86. The molecule has 1 aliphatic heterocycles. The van der Waals surface area contributed by atoms with Crippen molar-refractivity contribution in [2.75, 3.05) is 18.7 Å². The lowest BCUT2D eigenvalue weighted by molar-refractivity contribution is -0.116. The topological polar surface area (TPSA) is 73.2 Å². The summed E-state index contributed by atoms with van der Waals surface area (Å²) in [4.78, 5) is 28.9. The molecule has 3 rings (SSSR count). The first-order chi connectivity index (χ1) is 11.1. The molecule has 2 heterocycles. The number of ether oxygens (including phenoxy) is 1. The maximum Gasteiger partial charge on any atom is 0.279 e. The molecule has 1 atom stereocenters. The summed E-state index contributed by atoms with van der Waals surface area (Å²) in [6.07, 6.45) is 2.04. The summed E-state index contributed by atoms with van der Waals surface area (Å²) in [6, 6.07) is 7.45. The molecule has 0 bridgehead atoms. The second-order valence-electron chi connectivity index (χ2n) is 5.27. The molecule has 0 radical (unpaired) electrons. The number of fused-ring (bicyclic) bond motifs is 1. The van der Waals surface area contributed by atoms with Crippen LogP contribution < -0.4 is 15.6 Å². The lowest BCUT2D eigenvalue weighted by Crippen LogP contribution is -2.33. The van der Waals surface area contributed by atoms with Crippen LogP contribution in [0.5, 0.6) is 5.75 Å². The Morgan fingerprint density at radius 1 is 1.35 bits per heavy atom. The van der Waals surface area contributed by atoms with Gasteiger partial charge < -0.3 is 14.6 Å². The summed E-state index contributed by atoms with van der Waals surface area (Å²) in [5.74, 6) is 0.689. The van der Waals surface area contributed by atoms with E-state index in [2.05, 4.69) is 10.3 Å². The Morgan fingerprint density at radius 3 is 2.78 bits per heavy atom. The Morgan fingerprint density at radius 2 is 2.09 bits per heavy atom. The van der Waals surface area contributed by atoms with E-state index in [4.69, 9.17) is 4.74 Å². The largest absolute Gasteiger partial charge is 0.496 e. The Bertz CT molecular complexity index is 832. The van der Waals surface area contributed by atoms with Crippen LogP contribution in [0, 0.1) is 0 Å². The molecular formula is C16H17N3O3S. The fourth-order valence-corrected chi connectivity index (χ4v) is 3.48. The Balaban J connectivity index is 2.26. The maximum atomic E-state index is 12.6. The van der Waals surface area contributed by atoms with Crippen LogP contribution in [0.2, 0.25) is 0 Å². The summed E-state index contributed by atoms with van der Waals surface area (Å²) in [5.41, 5.74) is 1.02. The van der Waals surface area contributed by atoms with Crippen molar-refractivity contribution < 1.29 is 9.53 Å². The molecule has 0 saturated carbocycles. The van der Waals surface area contributed by atoms with Gasteiger partial charge >= 0.3 is 0 Å². The average Bonchev–Trinajstić information content (AvgIpc) is 2.57. The van der Waals surface area contributed by atoms with E-state index in [0.29, 0.717) is 22.3 Å². The number of benzene rings is 1. The third-order valence-electron chi connectivity index (χ3n) is 4.00. The second kappa shape index (κ2) is 6.08. The first-order valence-electron chi connectivity index (χ1n) is 7.14. The van der Waals surface area contributed by atoms with Crippen molar-refractivity contribution in [3.63, 3.8) is 0 Å². The zero-order valence-corrected chi connectivity index (χ0v) is 13.9. The number of thioether (sulfide) groups is 1. The highest BCUT2D eigenvalue weighted by atomic mass is 32.2. The van der Waals surface area contributed by atoms with E-state index in [0.717, 1.165) is 5.56 Å². The molecule has 1 aromatic carbocycles. The number of methoxy groups -OCH3 is 1. The summed E-state index contributed by atoms with van der Waals surface area (Å²) in [7, 11) is 3.37. The number of rotatable bonds is 3. The number of hydrogen-bond acceptors (Lipinski definition) is 5. The SMILES string of the molecule is COc1ccccc1C1CC(=O)Nc2c1c(=O)nc(SC)n2C. The highest BCUT2D eigenvalue weighted by Gasteiger charge is 2.33. The van der Waals surface area contributed by atoms with Crippen molar-refractivity contribution >= 4 is 23.5 Å². The van der Waals surface area contributed by atoms with Crippen molar-refractivity contribution in [2.24, 2.45) is 7.05 Å². The normalized spacial score (nSPS) is 16.7. The van der Waals surface area contributed by atoms with E-state index >= 15 is 0 Å². The van der Waals surface area contributed by atoms with Gasteiger partial charge in [-0.1, -0.05) is 30.0 Å². The zero-order valence-electron chi connectivity index (χ0n) is 13.1. The number of nitrogens with one attached hydrogen (secondary N) is 1. The van der Waals surface area contributed by atoms with Gasteiger partial charge in [0.25, 0.3) is 5.56 Å².